The molecule has 0 fully saturated rings. The SMILES string of the molecule is c1ccc(-c2cc3c(nc(-c4ccncc4)n3-c3ccccn3)c3c4ccccc4n(-c4ccccc4)c23)cc1. The molecule has 0 aliphatic rings. The molecule has 4 aromatic carbocycles. The van der Waals surface area contributed by atoms with Crippen molar-refractivity contribution in [1.29, 1.82) is 0 Å². The number of nitrogens with zero attached hydrogens (tertiary/aromatic N) is 5. The lowest BCUT2D eigenvalue weighted by Crippen LogP contribution is -2.00. The summed E-state index contributed by atoms with van der Waals surface area (Å²) in [6.45, 7) is 0. The highest BCUT2D eigenvalue weighted by atomic mass is 15.1. The van der Waals surface area contributed by atoms with Gasteiger partial charge in [0, 0.05) is 46.2 Å². The first kappa shape index (κ1) is 22.4. The molecule has 188 valence electrons. The van der Waals surface area contributed by atoms with Crippen LogP contribution in [0, 0.1) is 0 Å². The highest BCUT2D eigenvalue weighted by Crippen LogP contribution is 2.43. The fourth-order valence-corrected chi connectivity index (χ4v) is 5.79. The Bertz CT molecular complexity index is 2130. The van der Waals surface area contributed by atoms with Crippen molar-refractivity contribution >= 4 is 32.8 Å². The minimum Gasteiger partial charge on any atom is -0.309 e. The Morgan fingerprint density at radius 2 is 1.27 bits per heavy atom. The van der Waals surface area contributed by atoms with Crippen LogP contribution in [-0.4, -0.2) is 24.1 Å². The molecular weight excluding hydrogens is 490 g/mol. The van der Waals surface area contributed by atoms with E-state index >= 15 is 0 Å². The number of imidazole rings is 1. The van der Waals surface area contributed by atoms with Gasteiger partial charge in [-0.25, -0.2) is 9.97 Å². The maximum atomic E-state index is 5.36. The third kappa shape index (κ3) is 3.38. The van der Waals surface area contributed by atoms with Crippen LogP contribution < -0.4 is 0 Å². The van der Waals surface area contributed by atoms with Crippen LogP contribution in [0.15, 0.2) is 140 Å². The van der Waals surface area contributed by atoms with E-state index in [4.69, 9.17) is 9.97 Å². The maximum absolute atomic E-state index is 5.36. The number of fused-ring (bicyclic) bond motifs is 5. The smallest absolute Gasteiger partial charge is 0.147 e. The van der Waals surface area contributed by atoms with Gasteiger partial charge in [-0.1, -0.05) is 72.8 Å². The number of aromatic nitrogens is 5. The molecule has 0 aliphatic carbocycles. The minimum absolute atomic E-state index is 0.821. The van der Waals surface area contributed by atoms with Crippen molar-refractivity contribution in [2.24, 2.45) is 0 Å². The Balaban J connectivity index is 1.63. The lowest BCUT2D eigenvalue weighted by atomic mass is 10.0. The number of hydrogen-bond donors (Lipinski definition) is 0. The standard InChI is InChI=1S/C35H23N5/c1-3-11-24(12-4-1)28-23-30-33(38-35(25-18-21-36-22-19-25)40(30)31-17-9-10-20-37-31)32-27-15-7-8-16-29(27)39(34(28)32)26-13-5-2-6-14-26/h1-23H. The van der Waals surface area contributed by atoms with Crippen LogP contribution in [0.4, 0.5) is 0 Å². The number of benzene rings is 4. The molecule has 0 unspecified atom stereocenters. The summed E-state index contributed by atoms with van der Waals surface area (Å²) in [6.07, 6.45) is 5.45. The van der Waals surface area contributed by atoms with Gasteiger partial charge < -0.3 is 4.57 Å². The molecule has 5 heteroatoms. The molecule has 0 bridgehead atoms. The van der Waals surface area contributed by atoms with Crippen LogP contribution in [0.25, 0.3) is 66.9 Å². The minimum atomic E-state index is 0.821. The molecule has 8 rings (SSSR count). The fraction of sp³-hybridized carbons (Fsp3) is 0. The highest BCUT2D eigenvalue weighted by molar-refractivity contribution is 6.24. The zero-order chi connectivity index (χ0) is 26.5. The summed E-state index contributed by atoms with van der Waals surface area (Å²) in [5.41, 5.74) is 8.62. The summed E-state index contributed by atoms with van der Waals surface area (Å²) in [7, 11) is 0. The van der Waals surface area contributed by atoms with E-state index in [1.807, 2.05) is 48.9 Å². The van der Waals surface area contributed by atoms with Gasteiger partial charge in [0.15, 0.2) is 0 Å². The van der Waals surface area contributed by atoms with Gasteiger partial charge in [0.05, 0.1) is 22.1 Å². The maximum Gasteiger partial charge on any atom is 0.147 e. The first-order valence-electron chi connectivity index (χ1n) is 13.3. The van der Waals surface area contributed by atoms with E-state index in [1.165, 1.54) is 0 Å². The number of hydrogen-bond acceptors (Lipinski definition) is 3. The molecule has 4 aromatic heterocycles. The van der Waals surface area contributed by atoms with Gasteiger partial charge in [0.1, 0.15) is 11.6 Å². The zero-order valence-electron chi connectivity index (χ0n) is 21.5. The zero-order valence-corrected chi connectivity index (χ0v) is 21.5. The van der Waals surface area contributed by atoms with Gasteiger partial charge in [-0.15, -0.1) is 0 Å². The molecule has 5 nitrogen and oxygen atoms in total. The van der Waals surface area contributed by atoms with Crippen molar-refractivity contribution in [2.45, 2.75) is 0 Å². The molecule has 0 saturated heterocycles. The Morgan fingerprint density at radius 3 is 2.05 bits per heavy atom. The molecule has 40 heavy (non-hydrogen) atoms. The van der Waals surface area contributed by atoms with Gasteiger partial charge in [-0.3, -0.25) is 9.55 Å². The van der Waals surface area contributed by atoms with Crippen molar-refractivity contribution in [3.05, 3.63) is 140 Å². The van der Waals surface area contributed by atoms with E-state index in [-0.39, 0.29) is 0 Å². The van der Waals surface area contributed by atoms with Crippen molar-refractivity contribution in [3.8, 4) is 34.0 Å². The summed E-state index contributed by atoms with van der Waals surface area (Å²) in [5, 5.41) is 2.29. The van der Waals surface area contributed by atoms with E-state index in [0.717, 1.165) is 66.9 Å². The van der Waals surface area contributed by atoms with Crippen molar-refractivity contribution < 1.29 is 0 Å². The van der Waals surface area contributed by atoms with E-state index in [1.54, 1.807) is 0 Å². The Labute approximate surface area is 230 Å². The normalized spacial score (nSPS) is 11.5. The molecule has 0 spiro atoms. The Morgan fingerprint density at radius 1 is 0.550 bits per heavy atom. The van der Waals surface area contributed by atoms with Gasteiger partial charge in [0.25, 0.3) is 0 Å². The summed E-state index contributed by atoms with van der Waals surface area (Å²) in [4.78, 5) is 14.4. The van der Waals surface area contributed by atoms with Crippen LogP contribution in [0.3, 0.4) is 0 Å². The second-order valence-electron chi connectivity index (χ2n) is 9.76. The monoisotopic (exact) mass is 513 g/mol. The summed E-state index contributed by atoms with van der Waals surface area (Å²) >= 11 is 0. The Kier molecular flexibility index (Phi) is 5.07. The van der Waals surface area contributed by atoms with E-state index < -0.39 is 0 Å². The molecule has 4 heterocycles. The Hall–Kier alpha value is -5.55. The molecule has 0 radical (unpaired) electrons. The van der Waals surface area contributed by atoms with Crippen LogP contribution >= 0.6 is 0 Å². The van der Waals surface area contributed by atoms with Crippen LogP contribution in [0.1, 0.15) is 0 Å². The van der Waals surface area contributed by atoms with Crippen LogP contribution in [0.5, 0.6) is 0 Å². The first-order chi connectivity index (χ1) is 19.9. The quantitative estimate of drug-likeness (QED) is 0.238. The molecular formula is C35H23N5. The van der Waals surface area contributed by atoms with Gasteiger partial charge in [0.2, 0.25) is 0 Å². The average Bonchev–Trinajstić information content (AvgIpc) is 3.59. The van der Waals surface area contributed by atoms with Crippen LogP contribution in [-0.2, 0) is 0 Å². The second kappa shape index (κ2) is 9.03. The molecule has 0 aliphatic heterocycles. The third-order valence-electron chi connectivity index (χ3n) is 7.48. The molecule has 0 saturated carbocycles. The predicted octanol–water partition coefficient (Wildman–Crippen LogP) is 8.25. The van der Waals surface area contributed by atoms with Crippen LogP contribution in [0.2, 0.25) is 0 Å². The van der Waals surface area contributed by atoms with E-state index in [9.17, 15) is 0 Å². The molecule has 0 amide bonds. The second-order valence-corrected chi connectivity index (χ2v) is 9.76. The highest BCUT2D eigenvalue weighted by Gasteiger charge is 2.24. The lowest BCUT2D eigenvalue weighted by Gasteiger charge is -2.13. The van der Waals surface area contributed by atoms with Gasteiger partial charge >= 0.3 is 0 Å². The predicted molar refractivity (Wildman–Crippen MR) is 162 cm³/mol. The van der Waals surface area contributed by atoms with Gasteiger partial charge in [-0.05, 0) is 54.1 Å². The lowest BCUT2D eigenvalue weighted by molar-refractivity contribution is 1.03. The molecule has 0 N–H and O–H groups in total. The average molecular weight is 514 g/mol. The van der Waals surface area contributed by atoms with Crippen molar-refractivity contribution in [3.63, 3.8) is 0 Å². The van der Waals surface area contributed by atoms with Crippen molar-refractivity contribution in [1.82, 2.24) is 24.1 Å². The largest absolute Gasteiger partial charge is 0.309 e. The molecule has 8 aromatic rings. The molecule has 0 atom stereocenters. The first-order valence-corrected chi connectivity index (χ1v) is 13.3. The van der Waals surface area contributed by atoms with E-state index in [2.05, 4.69) is 105 Å². The van der Waals surface area contributed by atoms with Crippen molar-refractivity contribution in [2.75, 3.05) is 0 Å². The number of pyridine rings is 2. The summed E-state index contributed by atoms with van der Waals surface area (Å²) < 4.78 is 4.55. The number of rotatable bonds is 4. The van der Waals surface area contributed by atoms with Gasteiger partial charge in [-0.2, -0.15) is 0 Å². The topological polar surface area (TPSA) is 48.5 Å². The number of para-hydroxylation sites is 2. The van der Waals surface area contributed by atoms with E-state index in [0.29, 0.717) is 0 Å². The summed E-state index contributed by atoms with van der Waals surface area (Å²) in [6, 6.07) is 42.1. The summed E-state index contributed by atoms with van der Waals surface area (Å²) in [5.74, 6) is 1.65. The fourth-order valence-electron chi connectivity index (χ4n) is 5.79. The third-order valence-corrected chi connectivity index (χ3v) is 7.48.